The number of hydrogen-bond acceptors (Lipinski definition) is 4. The van der Waals surface area contributed by atoms with Crippen LogP contribution in [-0.2, 0) is 0 Å². The maximum absolute atomic E-state index is 5.77. The molecule has 1 unspecified atom stereocenters. The van der Waals surface area contributed by atoms with Crippen LogP contribution in [-0.4, -0.2) is 67.6 Å². The third-order valence-electron chi connectivity index (χ3n) is 5.94. The predicted octanol–water partition coefficient (Wildman–Crippen LogP) is 3.24. The van der Waals surface area contributed by atoms with E-state index in [1.54, 1.807) is 6.26 Å². The van der Waals surface area contributed by atoms with E-state index in [1.165, 1.54) is 58.2 Å². The lowest BCUT2D eigenvalue weighted by Crippen LogP contribution is -2.49. The summed E-state index contributed by atoms with van der Waals surface area (Å²) < 4.78 is 5.77. The van der Waals surface area contributed by atoms with Crippen LogP contribution in [0.5, 0.6) is 0 Å². The average Bonchev–Trinajstić information content (AvgIpc) is 3.25. The first-order valence-corrected chi connectivity index (χ1v) is 11.3. The summed E-state index contributed by atoms with van der Waals surface area (Å²) in [6, 6.07) is 4.84. The van der Waals surface area contributed by atoms with Gasteiger partial charge in [-0.25, -0.2) is 0 Å². The molecular weight excluding hydrogens is 350 g/mol. The van der Waals surface area contributed by atoms with Crippen LogP contribution in [0.25, 0.3) is 0 Å². The molecular formula is C22H39N5O. The van der Waals surface area contributed by atoms with E-state index in [1.807, 2.05) is 6.07 Å². The lowest BCUT2D eigenvalue weighted by atomic mass is 10.1. The number of furan rings is 1. The highest BCUT2D eigenvalue weighted by Crippen LogP contribution is 2.25. The van der Waals surface area contributed by atoms with Crippen molar-refractivity contribution in [2.24, 2.45) is 4.99 Å². The molecule has 0 radical (unpaired) electrons. The van der Waals surface area contributed by atoms with Gasteiger partial charge in [0, 0.05) is 25.7 Å². The molecule has 2 aliphatic rings. The molecule has 0 aliphatic carbocycles. The highest BCUT2D eigenvalue weighted by atomic mass is 16.3. The van der Waals surface area contributed by atoms with Gasteiger partial charge in [-0.1, -0.05) is 13.3 Å². The molecule has 0 amide bonds. The largest absolute Gasteiger partial charge is 0.468 e. The van der Waals surface area contributed by atoms with Gasteiger partial charge in [-0.2, -0.15) is 0 Å². The van der Waals surface area contributed by atoms with Gasteiger partial charge in [0.05, 0.1) is 18.8 Å². The highest BCUT2D eigenvalue weighted by Gasteiger charge is 2.25. The van der Waals surface area contributed by atoms with Gasteiger partial charge in [0.2, 0.25) is 0 Å². The fraction of sp³-hybridized carbons (Fsp3) is 0.773. The van der Waals surface area contributed by atoms with E-state index in [4.69, 9.17) is 9.41 Å². The van der Waals surface area contributed by atoms with Crippen molar-refractivity contribution in [2.45, 2.75) is 64.5 Å². The summed E-state index contributed by atoms with van der Waals surface area (Å²) in [6.45, 7) is 11.9. The van der Waals surface area contributed by atoms with Gasteiger partial charge < -0.3 is 20.0 Å². The Morgan fingerprint density at radius 3 is 2.61 bits per heavy atom. The Morgan fingerprint density at radius 1 is 1.18 bits per heavy atom. The van der Waals surface area contributed by atoms with Crippen molar-refractivity contribution < 1.29 is 4.42 Å². The van der Waals surface area contributed by atoms with Gasteiger partial charge in [-0.15, -0.1) is 0 Å². The van der Waals surface area contributed by atoms with Gasteiger partial charge in [-0.05, 0) is 70.8 Å². The fourth-order valence-corrected chi connectivity index (χ4v) is 4.40. The maximum Gasteiger partial charge on any atom is 0.191 e. The summed E-state index contributed by atoms with van der Waals surface area (Å²) in [5.41, 5.74) is 0. The smallest absolute Gasteiger partial charge is 0.191 e. The first-order valence-electron chi connectivity index (χ1n) is 11.3. The van der Waals surface area contributed by atoms with Gasteiger partial charge in [0.25, 0.3) is 0 Å². The number of aliphatic imine (C=N–C) groups is 1. The molecule has 0 aromatic carbocycles. The van der Waals surface area contributed by atoms with Crippen LogP contribution in [0.1, 0.15) is 64.2 Å². The summed E-state index contributed by atoms with van der Waals surface area (Å²) in [6.07, 6.45) is 9.30. The monoisotopic (exact) mass is 389 g/mol. The Hall–Kier alpha value is -1.53. The summed E-state index contributed by atoms with van der Waals surface area (Å²) in [7, 11) is 0. The van der Waals surface area contributed by atoms with Crippen molar-refractivity contribution in [1.29, 1.82) is 0 Å². The first kappa shape index (κ1) is 21.2. The average molecular weight is 390 g/mol. The zero-order chi connectivity index (χ0) is 19.6. The zero-order valence-corrected chi connectivity index (χ0v) is 17.8. The Balaban J connectivity index is 1.60. The number of guanidine groups is 1. The Morgan fingerprint density at radius 2 is 1.96 bits per heavy atom. The second kappa shape index (κ2) is 11.5. The molecule has 2 aliphatic heterocycles. The molecule has 2 fully saturated rings. The third kappa shape index (κ3) is 6.24. The molecule has 3 rings (SSSR count). The number of piperidine rings is 2. The standard InChI is InChI=1S/C22H39N5O/c1-3-12-26-15-10-19(11-16-26)25-22(23-4-2)24-18-20(21-9-8-17-28-21)27-13-6-5-7-14-27/h8-9,17,19-20H,3-7,10-16,18H2,1-2H3,(H2,23,24,25). The number of rotatable bonds is 8. The summed E-state index contributed by atoms with van der Waals surface area (Å²) in [5.74, 6) is 1.99. The molecule has 0 bridgehead atoms. The van der Waals surface area contributed by atoms with Crippen LogP contribution in [0.15, 0.2) is 27.8 Å². The summed E-state index contributed by atoms with van der Waals surface area (Å²) in [5, 5.41) is 7.13. The van der Waals surface area contributed by atoms with Crippen LogP contribution < -0.4 is 10.6 Å². The zero-order valence-electron chi connectivity index (χ0n) is 17.8. The van der Waals surface area contributed by atoms with Crippen molar-refractivity contribution in [2.75, 3.05) is 45.8 Å². The molecule has 28 heavy (non-hydrogen) atoms. The van der Waals surface area contributed by atoms with E-state index >= 15 is 0 Å². The maximum atomic E-state index is 5.77. The molecule has 3 heterocycles. The molecule has 1 atom stereocenters. The number of nitrogens with zero attached hydrogens (tertiary/aromatic N) is 3. The lowest BCUT2D eigenvalue weighted by molar-refractivity contribution is 0.150. The number of nitrogens with one attached hydrogen (secondary N) is 2. The normalized spacial score (nSPS) is 21.6. The highest BCUT2D eigenvalue weighted by molar-refractivity contribution is 5.80. The second-order valence-electron chi connectivity index (χ2n) is 8.11. The molecule has 158 valence electrons. The molecule has 6 nitrogen and oxygen atoms in total. The molecule has 2 N–H and O–H groups in total. The van der Waals surface area contributed by atoms with Crippen LogP contribution >= 0.6 is 0 Å². The van der Waals surface area contributed by atoms with Crippen molar-refractivity contribution in [3.05, 3.63) is 24.2 Å². The Kier molecular flexibility index (Phi) is 8.68. The van der Waals surface area contributed by atoms with Crippen LogP contribution in [0.3, 0.4) is 0 Å². The van der Waals surface area contributed by atoms with Crippen molar-refractivity contribution in [3.63, 3.8) is 0 Å². The van der Waals surface area contributed by atoms with E-state index in [9.17, 15) is 0 Å². The fourth-order valence-electron chi connectivity index (χ4n) is 4.40. The summed E-state index contributed by atoms with van der Waals surface area (Å²) in [4.78, 5) is 10.1. The molecule has 1 aromatic rings. The van der Waals surface area contributed by atoms with Crippen molar-refractivity contribution >= 4 is 5.96 Å². The predicted molar refractivity (Wildman–Crippen MR) is 116 cm³/mol. The van der Waals surface area contributed by atoms with E-state index in [0.717, 1.165) is 37.9 Å². The number of likely N-dealkylation sites (tertiary alicyclic amines) is 2. The van der Waals surface area contributed by atoms with Gasteiger partial charge >= 0.3 is 0 Å². The quantitative estimate of drug-likeness (QED) is 0.528. The van der Waals surface area contributed by atoms with E-state index in [2.05, 4.69) is 40.3 Å². The number of hydrogen-bond donors (Lipinski definition) is 2. The third-order valence-corrected chi connectivity index (χ3v) is 5.94. The van der Waals surface area contributed by atoms with Gasteiger partial charge in [-0.3, -0.25) is 9.89 Å². The first-order chi connectivity index (χ1) is 13.8. The van der Waals surface area contributed by atoms with Crippen LogP contribution in [0.4, 0.5) is 0 Å². The van der Waals surface area contributed by atoms with Crippen LogP contribution in [0.2, 0.25) is 0 Å². The van der Waals surface area contributed by atoms with E-state index in [0.29, 0.717) is 6.04 Å². The Labute approximate surface area is 170 Å². The minimum Gasteiger partial charge on any atom is -0.468 e. The van der Waals surface area contributed by atoms with Crippen molar-refractivity contribution in [1.82, 2.24) is 20.4 Å². The second-order valence-corrected chi connectivity index (χ2v) is 8.11. The molecule has 1 aromatic heterocycles. The lowest BCUT2D eigenvalue weighted by Gasteiger charge is -2.34. The molecule has 2 saturated heterocycles. The van der Waals surface area contributed by atoms with Crippen molar-refractivity contribution in [3.8, 4) is 0 Å². The minimum atomic E-state index is 0.233. The molecule has 0 saturated carbocycles. The summed E-state index contributed by atoms with van der Waals surface area (Å²) >= 11 is 0. The van der Waals surface area contributed by atoms with E-state index in [-0.39, 0.29) is 6.04 Å². The van der Waals surface area contributed by atoms with Gasteiger partial charge in [0.15, 0.2) is 5.96 Å². The van der Waals surface area contributed by atoms with Crippen LogP contribution in [0, 0.1) is 0 Å². The van der Waals surface area contributed by atoms with E-state index < -0.39 is 0 Å². The minimum absolute atomic E-state index is 0.233. The molecule has 0 spiro atoms. The Bertz CT molecular complexity index is 559. The van der Waals surface area contributed by atoms with Gasteiger partial charge in [0.1, 0.15) is 5.76 Å². The molecule has 6 heteroatoms. The topological polar surface area (TPSA) is 56.0 Å². The SMILES string of the molecule is CCCN1CCC(NC(=NCC(c2ccco2)N2CCCCC2)NCC)CC1.